The highest BCUT2D eigenvalue weighted by atomic mass is 35.5. The summed E-state index contributed by atoms with van der Waals surface area (Å²) in [6.45, 7) is 7.65. The number of hydrogen-bond acceptors (Lipinski definition) is 5. The van der Waals surface area contributed by atoms with Gasteiger partial charge >= 0.3 is 0 Å². The van der Waals surface area contributed by atoms with E-state index in [0.29, 0.717) is 31.1 Å². The Kier molecular flexibility index (Phi) is 8.06. The number of ether oxygens (including phenoxy) is 1. The molecule has 0 fully saturated rings. The van der Waals surface area contributed by atoms with Gasteiger partial charge in [-0.05, 0) is 56.2 Å². The Balaban J connectivity index is 1.62. The van der Waals surface area contributed by atoms with E-state index in [2.05, 4.69) is 10.1 Å². The first-order chi connectivity index (χ1) is 14.7. The van der Waals surface area contributed by atoms with Crippen molar-refractivity contribution in [1.82, 2.24) is 4.90 Å². The van der Waals surface area contributed by atoms with Crippen LogP contribution in [-0.4, -0.2) is 53.2 Å². The first-order valence-electron chi connectivity index (χ1n) is 10.5. The van der Waals surface area contributed by atoms with E-state index in [1.807, 2.05) is 45.0 Å². The van der Waals surface area contributed by atoms with Gasteiger partial charge < -0.3 is 14.7 Å². The molecular formula is C24H30ClFN2O3. The molecule has 5 nitrogen and oxygen atoms in total. The lowest BCUT2D eigenvalue weighted by atomic mass is 10.0. The van der Waals surface area contributed by atoms with Gasteiger partial charge in [0.05, 0.1) is 24.0 Å². The van der Waals surface area contributed by atoms with E-state index >= 15 is 0 Å². The first-order valence-corrected chi connectivity index (χ1v) is 10.8. The van der Waals surface area contributed by atoms with Crippen molar-refractivity contribution >= 4 is 17.3 Å². The van der Waals surface area contributed by atoms with E-state index in [1.54, 1.807) is 12.1 Å². The smallest absolute Gasteiger partial charge is 0.145 e. The average Bonchev–Trinajstić information content (AvgIpc) is 3.16. The number of aliphatic hydroxyl groups is 1. The standard InChI is InChI=1S/C24H30ClFN2O3/c1-24(2,3)30-16-21(29)14-28(13-17-4-10-20(26)11-5-17)15-22-12-23(27-31-22)18-6-8-19(25)9-7-18/h4-11,21-22,29H,12-16H2,1-3H3/t21-,22+/m1/s1. The van der Waals surface area contributed by atoms with Crippen LogP contribution in [0.2, 0.25) is 5.02 Å². The first kappa shape index (κ1) is 23.7. The Morgan fingerprint density at radius 2 is 1.87 bits per heavy atom. The number of oxime groups is 1. The number of halogens is 2. The van der Waals surface area contributed by atoms with E-state index < -0.39 is 6.10 Å². The Morgan fingerprint density at radius 3 is 2.52 bits per heavy atom. The highest BCUT2D eigenvalue weighted by Crippen LogP contribution is 2.20. The predicted octanol–water partition coefficient (Wildman–Crippen LogP) is 4.65. The zero-order chi connectivity index (χ0) is 22.4. The second kappa shape index (κ2) is 10.6. The Morgan fingerprint density at radius 1 is 1.19 bits per heavy atom. The molecule has 2 aromatic rings. The van der Waals surface area contributed by atoms with Gasteiger partial charge in [-0.25, -0.2) is 4.39 Å². The summed E-state index contributed by atoms with van der Waals surface area (Å²) in [5.41, 5.74) is 2.50. The quantitative estimate of drug-likeness (QED) is 0.606. The summed E-state index contributed by atoms with van der Waals surface area (Å²) in [4.78, 5) is 7.77. The monoisotopic (exact) mass is 448 g/mol. The van der Waals surface area contributed by atoms with Crippen LogP contribution >= 0.6 is 11.6 Å². The second-order valence-corrected chi connectivity index (χ2v) is 9.31. The molecule has 7 heteroatoms. The summed E-state index contributed by atoms with van der Waals surface area (Å²) in [6.07, 6.45) is -0.129. The maximum Gasteiger partial charge on any atom is 0.145 e. The molecule has 0 saturated carbocycles. The molecule has 1 heterocycles. The van der Waals surface area contributed by atoms with Gasteiger partial charge in [0, 0.05) is 31.1 Å². The third-order valence-electron chi connectivity index (χ3n) is 4.87. The van der Waals surface area contributed by atoms with Crippen molar-refractivity contribution in [3.63, 3.8) is 0 Å². The highest BCUT2D eigenvalue weighted by molar-refractivity contribution is 6.30. The number of aliphatic hydroxyl groups excluding tert-OH is 1. The molecule has 31 heavy (non-hydrogen) atoms. The summed E-state index contributed by atoms with van der Waals surface area (Å²) in [5.74, 6) is -0.269. The van der Waals surface area contributed by atoms with Crippen LogP contribution < -0.4 is 0 Å². The van der Waals surface area contributed by atoms with Crippen molar-refractivity contribution in [2.75, 3.05) is 19.7 Å². The van der Waals surface area contributed by atoms with E-state index in [9.17, 15) is 9.50 Å². The van der Waals surface area contributed by atoms with Crippen LogP contribution in [0.25, 0.3) is 0 Å². The van der Waals surface area contributed by atoms with E-state index in [-0.39, 0.29) is 24.1 Å². The molecule has 0 unspecified atom stereocenters. The van der Waals surface area contributed by atoms with Gasteiger partial charge in [-0.3, -0.25) is 4.90 Å². The van der Waals surface area contributed by atoms with Crippen LogP contribution in [-0.2, 0) is 16.1 Å². The molecule has 168 valence electrons. The summed E-state index contributed by atoms with van der Waals surface area (Å²) >= 11 is 5.97. The van der Waals surface area contributed by atoms with Crippen LogP contribution in [0, 0.1) is 5.82 Å². The predicted molar refractivity (Wildman–Crippen MR) is 121 cm³/mol. The summed E-state index contributed by atoms with van der Waals surface area (Å²) in [6, 6.07) is 13.9. The Labute approximate surface area is 188 Å². The minimum Gasteiger partial charge on any atom is -0.390 e. The van der Waals surface area contributed by atoms with Crippen molar-refractivity contribution in [1.29, 1.82) is 0 Å². The molecule has 3 rings (SSSR count). The molecule has 0 amide bonds. The molecule has 2 atom stereocenters. The number of rotatable bonds is 9. The molecule has 2 aromatic carbocycles. The van der Waals surface area contributed by atoms with Crippen molar-refractivity contribution in [2.45, 2.75) is 51.5 Å². The van der Waals surface area contributed by atoms with Crippen molar-refractivity contribution in [3.8, 4) is 0 Å². The molecule has 1 aliphatic heterocycles. The summed E-state index contributed by atoms with van der Waals surface area (Å²) in [5, 5.41) is 15.5. The number of benzene rings is 2. The van der Waals surface area contributed by atoms with Crippen molar-refractivity contribution in [2.24, 2.45) is 5.16 Å². The topological polar surface area (TPSA) is 54.3 Å². The lowest BCUT2D eigenvalue weighted by Crippen LogP contribution is -2.40. The van der Waals surface area contributed by atoms with E-state index in [1.165, 1.54) is 12.1 Å². The van der Waals surface area contributed by atoms with Crippen LogP contribution in [0.3, 0.4) is 0 Å². The van der Waals surface area contributed by atoms with Crippen LogP contribution in [0.1, 0.15) is 38.3 Å². The lowest BCUT2D eigenvalue weighted by molar-refractivity contribution is -0.0600. The molecule has 1 aliphatic rings. The van der Waals surface area contributed by atoms with E-state index in [4.69, 9.17) is 21.2 Å². The van der Waals surface area contributed by atoms with Crippen LogP contribution in [0.5, 0.6) is 0 Å². The van der Waals surface area contributed by atoms with Gasteiger partial charge in [0.1, 0.15) is 11.9 Å². The van der Waals surface area contributed by atoms with Crippen molar-refractivity contribution < 1.29 is 19.1 Å². The van der Waals surface area contributed by atoms with Gasteiger partial charge in [-0.2, -0.15) is 0 Å². The minimum absolute atomic E-state index is 0.137. The summed E-state index contributed by atoms with van der Waals surface area (Å²) in [7, 11) is 0. The lowest BCUT2D eigenvalue weighted by Gasteiger charge is -2.28. The largest absolute Gasteiger partial charge is 0.390 e. The zero-order valence-electron chi connectivity index (χ0n) is 18.2. The van der Waals surface area contributed by atoms with Gasteiger partial charge in [0.15, 0.2) is 0 Å². The van der Waals surface area contributed by atoms with Crippen LogP contribution in [0.4, 0.5) is 4.39 Å². The van der Waals surface area contributed by atoms with Crippen molar-refractivity contribution in [3.05, 3.63) is 70.5 Å². The Hall–Kier alpha value is -1.99. The molecule has 0 spiro atoms. The normalized spacial score (nSPS) is 17.5. The van der Waals surface area contributed by atoms with Gasteiger partial charge in [-0.1, -0.05) is 41.0 Å². The molecule has 0 aromatic heterocycles. The van der Waals surface area contributed by atoms with Gasteiger partial charge in [0.25, 0.3) is 0 Å². The third-order valence-corrected chi connectivity index (χ3v) is 5.12. The van der Waals surface area contributed by atoms with E-state index in [0.717, 1.165) is 16.8 Å². The van der Waals surface area contributed by atoms with Gasteiger partial charge in [0.2, 0.25) is 0 Å². The molecule has 0 saturated heterocycles. The molecule has 0 bridgehead atoms. The second-order valence-electron chi connectivity index (χ2n) is 8.87. The fraction of sp³-hybridized carbons (Fsp3) is 0.458. The Bertz CT molecular complexity index is 866. The number of hydrogen-bond donors (Lipinski definition) is 1. The minimum atomic E-state index is -0.655. The third kappa shape index (κ3) is 7.89. The van der Waals surface area contributed by atoms with Crippen LogP contribution in [0.15, 0.2) is 53.7 Å². The zero-order valence-corrected chi connectivity index (χ0v) is 19.0. The summed E-state index contributed by atoms with van der Waals surface area (Å²) < 4.78 is 19.0. The molecule has 1 N–H and O–H groups in total. The maximum atomic E-state index is 13.3. The molecule has 0 radical (unpaired) electrons. The van der Waals surface area contributed by atoms with Gasteiger partial charge in [-0.15, -0.1) is 0 Å². The maximum absolute atomic E-state index is 13.3. The fourth-order valence-corrected chi connectivity index (χ4v) is 3.50. The fourth-order valence-electron chi connectivity index (χ4n) is 3.38. The molecular weight excluding hydrogens is 419 g/mol. The number of nitrogens with zero attached hydrogens (tertiary/aromatic N) is 2. The average molecular weight is 449 g/mol. The SMILES string of the molecule is CC(C)(C)OC[C@H](O)CN(Cc1ccc(F)cc1)C[C@@H]1CC(c2ccc(Cl)cc2)=NO1. The highest BCUT2D eigenvalue weighted by Gasteiger charge is 2.26. The molecule has 0 aliphatic carbocycles.